The number of benzene rings is 2. The van der Waals surface area contributed by atoms with Crippen LogP contribution < -0.4 is 26.4 Å². The second-order valence-corrected chi connectivity index (χ2v) is 11.6. The van der Waals surface area contributed by atoms with Crippen LogP contribution in [-0.4, -0.2) is 53.8 Å². The first-order chi connectivity index (χ1) is 21.8. The summed E-state index contributed by atoms with van der Waals surface area (Å²) < 4.78 is 43.0. The summed E-state index contributed by atoms with van der Waals surface area (Å²) in [5.41, 5.74) is 0.972. The lowest BCUT2D eigenvalue weighted by molar-refractivity contribution is -0.138. The first-order valence-corrected chi connectivity index (χ1v) is 15.3. The second-order valence-electron chi connectivity index (χ2n) is 11.6. The number of aromatic nitrogens is 3. The number of anilines is 3. The minimum absolute atomic E-state index is 0.0292. The molecule has 2 aliphatic heterocycles. The van der Waals surface area contributed by atoms with Gasteiger partial charge in [-0.1, -0.05) is 30.0 Å². The minimum Gasteiger partial charge on any atom is -0.372 e. The van der Waals surface area contributed by atoms with Gasteiger partial charge in [0.25, 0.3) is 5.56 Å². The van der Waals surface area contributed by atoms with Crippen molar-refractivity contribution in [3.63, 3.8) is 0 Å². The second kappa shape index (κ2) is 13.3. The Bertz CT molecular complexity index is 1760. The van der Waals surface area contributed by atoms with Crippen molar-refractivity contribution in [3.8, 4) is 11.8 Å². The van der Waals surface area contributed by atoms with Crippen LogP contribution in [0.2, 0.25) is 0 Å². The summed E-state index contributed by atoms with van der Waals surface area (Å²) in [5, 5.41) is 10.4. The standard InChI is InChI=1S/C34H36F3N7O/c1-43(29-14-18-39-19-15-29)28-10-8-27(9-11-28)41-33-40-21-26-20-24(7-6-23-12-16-38-17-13-23)32(45)44(31(26)42-33)22-25-4-2-3-5-30(25)34(35,36)37/h2-5,8-11,20-21,23,29,38-39H,12-19,22H2,1H3,(H,40,41,42). The molecule has 11 heteroatoms. The number of hydrogen-bond acceptors (Lipinski definition) is 7. The Kier molecular flexibility index (Phi) is 9.05. The number of nitrogens with zero attached hydrogens (tertiary/aromatic N) is 4. The Morgan fingerprint density at radius 3 is 2.40 bits per heavy atom. The van der Waals surface area contributed by atoms with E-state index in [1.54, 1.807) is 12.3 Å². The van der Waals surface area contributed by atoms with Gasteiger partial charge in [-0.05, 0) is 93.8 Å². The van der Waals surface area contributed by atoms with Gasteiger partial charge in [-0.15, -0.1) is 0 Å². The Morgan fingerprint density at radius 1 is 1.00 bits per heavy atom. The maximum absolute atomic E-state index is 13.9. The van der Waals surface area contributed by atoms with Gasteiger partial charge in [0.2, 0.25) is 5.95 Å². The van der Waals surface area contributed by atoms with E-state index in [2.05, 4.69) is 49.7 Å². The zero-order valence-corrected chi connectivity index (χ0v) is 25.1. The Balaban J connectivity index is 1.34. The van der Waals surface area contributed by atoms with Crippen molar-refractivity contribution in [1.82, 2.24) is 25.2 Å². The van der Waals surface area contributed by atoms with Crippen LogP contribution in [0.5, 0.6) is 0 Å². The van der Waals surface area contributed by atoms with Crippen molar-refractivity contribution >= 4 is 28.4 Å². The molecule has 234 valence electrons. The van der Waals surface area contributed by atoms with E-state index in [-0.39, 0.29) is 35.2 Å². The van der Waals surface area contributed by atoms with Crippen LogP contribution in [0.4, 0.5) is 30.5 Å². The van der Waals surface area contributed by atoms with Gasteiger partial charge < -0.3 is 20.9 Å². The van der Waals surface area contributed by atoms with E-state index in [0.717, 1.165) is 69.3 Å². The average molecular weight is 616 g/mol. The molecule has 0 radical (unpaired) electrons. The number of piperidine rings is 2. The molecule has 0 amide bonds. The molecule has 0 aliphatic carbocycles. The van der Waals surface area contributed by atoms with E-state index in [0.29, 0.717) is 11.4 Å². The van der Waals surface area contributed by atoms with Crippen LogP contribution in [0.25, 0.3) is 11.0 Å². The van der Waals surface area contributed by atoms with E-state index < -0.39 is 17.3 Å². The Morgan fingerprint density at radius 2 is 1.69 bits per heavy atom. The van der Waals surface area contributed by atoms with Crippen molar-refractivity contribution in [1.29, 1.82) is 0 Å². The molecule has 0 saturated carbocycles. The van der Waals surface area contributed by atoms with E-state index in [4.69, 9.17) is 0 Å². The predicted molar refractivity (Wildman–Crippen MR) is 171 cm³/mol. The first-order valence-electron chi connectivity index (χ1n) is 15.3. The molecule has 0 unspecified atom stereocenters. The molecule has 2 fully saturated rings. The Labute approximate surface area is 260 Å². The van der Waals surface area contributed by atoms with Gasteiger partial charge in [0.1, 0.15) is 5.65 Å². The lowest BCUT2D eigenvalue weighted by Crippen LogP contribution is -2.41. The summed E-state index contributed by atoms with van der Waals surface area (Å²) in [4.78, 5) is 25.2. The molecule has 3 N–H and O–H groups in total. The van der Waals surface area contributed by atoms with Gasteiger partial charge in [0, 0.05) is 42.0 Å². The monoisotopic (exact) mass is 615 g/mol. The third-order valence-corrected chi connectivity index (χ3v) is 8.62. The zero-order valence-electron chi connectivity index (χ0n) is 25.1. The normalized spacial score (nSPS) is 16.3. The van der Waals surface area contributed by atoms with Crippen LogP contribution in [-0.2, 0) is 12.7 Å². The molecule has 6 rings (SSSR count). The highest BCUT2D eigenvalue weighted by atomic mass is 19.4. The fraction of sp³-hybridized carbons (Fsp3) is 0.382. The number of hydrogen-bond donors (Lipinski definition) is 3. The summed E-state index contributed by atoms with van der Waals surface area (Å²) in [5.74, 6) is 6.61. The third-order valence-electron chi connectivity index (χ3n) is 8.62. The molecule has 0 atom stereocenters. The molecule has 2 aromatic heterocycles. The molecule has 0 bridgehead atoms. The molecule has 4 heterocycles. The maximum Gasteiger partial charge on any atom is 0.416 e. The van der Waals surface area contributed by atoms with Gasteiger partial charge in [-0.2, -0.15) is 18.2 Å². The van der Waals surface area contributed by atoms with Crippen molar-refractivity contribution in [2.75, 3.05) is 43.4 Å². The highest BCUT2D eigenvalue weighted by Crippen LogP contribution is 2.32. The van der Waals surface area contributed by atoms with Crippen LogP contribution >= 0.6 is 0 Å². The number of alkyl halides is 3. The molecular weight excluding hydrogens is 579 g/mol. The van der Waals surface area contributed by atoms with Crippen molar-refractivity contribution in [3.05, 3.63) is 87.8 Å². The summed E-state index contributed by atoms with van der Waals surface area (Å²) in [7, 11) is 2.10. The van der Waals surface area contributed by atoms with Crippen molar-refractivity contribution < 1.29 is 13.2 Å². The molecule has 2 saturated heterocycles. The molecule has 2 aliphatic rings. The number of fused-ring (bicyclic) bond motifs is 1. The highest BCUT2D eigenvalue weighted by molar-refractivity contribution is 5.77. The smallest absolute Gasteiger partial charge is 0.372 e. The third kappa shape index (κ3) is 7.13. The van der Waals surface area contributed by atoms with Gasteiger partial charge in [0.05, 0.1) is 17.7 Å². The van der Waals surface area contributed by atoms with Gasteiger partial charge in [-0.25, -0.2) is 4.98 Å². The summed E-state index contributed by atoms with van der Waals surface area (Å²) in [6.07, 6.45) is 0.926. The molecule has 45 heavy (non-hydrogen) atoms. The Hall–Kier alpha value is -4.40. The average Bonchev–Trinajstić information content (AvgIpc) is 3.06. The van der Waals surface area contributed by atoms with Crippen LogP contribution in [0.3, 0.4) is 0 Å². The summed E-state index contributed by atoms with van der Waals surface area (Å²) in [6, 6.07) is 15.3. The summed E-state index contributed by atoms with van der Waals surface area (Å²) >= 11 is 0. The van der Waals surface area contributed by atoms with E-state index in [1.165, 1.54) is 22.8 Å². The SMILES string of the molecule is CN(c1ccc(Nc2ncc3cc(C#CC4CCNCC4)c(=O)n(Cc4ccccc4C(F)(F)F)c3n2)cc1)C1CCNCC1. The van der Waals surface area contributed by atoms with Crippen molar-refractivity contribution in [2.24, 2.45) is 5.92 Å². The van der Waals surface area contributed by atoms with E-state index in [9.17, 15) is 18.0 Å². The zero-order chi connectivity index (χ0) is 31.4. The topological polar surface area (TPSA) is 87.1 Å². The molecule has 0 spiro atoms. The fourth-order valence-corrected chi connectivity index (χ4v) is 6.02. The number of pyridine rings is 1. The lowest BCUT2D eigenvalue weighted by atomic mass is 9.98. The maximum atomic E-state index is 13.9. The molecular formula is C34H36F3N7O. The van der Waals surface area contributed by atoms with Gasteiger partial charge in [0.15, 0.2) is 0 Å². The summed E-state index contributed by atoms with van der Waals surface area (Å²) in [6.45, 7) is 3.41. The highest BCUT2D eigenvalue weighted by Gasteiger charge is 2.33. The number of rotatable bonds is 6. The largest absolute Gasteiger partial charge is 0.416 e. The van der Waals surface area contributed by atoms with Gasteiger partial charge >= 0.3 is 6.18 Å². The quantitative estimate of drug-likeness (QED) is 0.259. The predicted octanol–water partition coefficient (Wildman–Crippen LogP) is 5.14. The van der Waals surface area contributed by atoms with Crippen LogP contribution in [0.1, 0.15) is 42.4 Å². The molecule has 2 aromatic carbocycles. The molecule has 8 nitrogen and oxygen atoms in total. The fourth-order valence-electron chi connectivity index (χ4n) is 6.02. The van der Waals surface area contributed by atoms with E-state index >= 15 is 0 Å². The molecule has 4 aromatic rings. The lowest BCUT2D eigenvalue weighted by Gasteiger charge is -2.33. The van der Waals surface area contributed by atoms with Crippen LogP contribution in [0, 0.1) is 17.8 Å². The van der Waals surface area contributed by atoms with E-state index in [1.807, 2.05) is 24.3 Å². The first kappa shape index (κ1) is 30.6. The van der Waals surface area contributed by atoms with Crippen molar-refractivity contribution in [2.45, 2.75) is 44.4 Å². The van der Waals surface area contributed by atoms with Crippen LogP contribution in [0.15, 0.2) is 65.6 Å². The number of nitrogens with one attached hydrogen (secondary N) is 3. The minimum atomic E-state index is -4.57. The van der Waals surface area contributed by atoms with Gasteiger partial charge in [-0.3, -0.25) is 9.36 Å². The number of halogens is 3.